The normalized spacial score (nSPS) is 10.5. The standard InChI is InChI=1S/C19H18N4OS2/c1-12-4-6-16(7-5-12)24-9-18-23-15(10-25-18)11-26-19-17(8-20)13(2)21-14(3)22-19/h4-7,10H,9,11H2,1-3H3. The van der Waals surface area contributed by atoms with Gasteiger partial charge in [-0.25, -0.2) is 15.0 Å². The van der Waals surface area contributed by atoms with Gasteiger partial charge < -0.3 is 4.74 Å². The number of aryl methyl sites for hydroxylation is 3. The van der Waals surface area contributed by atoms with Crippen molar-refractivity contribution in [2.45, 2.75) is 38.2 Å². The molecule has 0 saturated carbocycles. The summed E-state index contributed by atoms with van der Waals surface area (Å²) in [6.45, 7) is 6.17. The van der Waals surface area contributed by atoms with Crippen molar-refractivity contribution in [2.24, 2.45) is 0 Å². The molecule has 2 heterocycles. The van der Waals surface area contributed by atoms with Crippen LogP contribution in [-0.2, 0) is 12.4 Å². The molecule has 0 fully saturated rings. The van der Waals surface area contributed by atoms with Crippen LogP contribution >= 0.6 is 23.1 Å². The minimum Gasteiger partial charge on any atom is -0.486 e. The lowest BCUT2D eigenvalue weighted by molar-refractivity contribution is 0.305. The van der Waals surface area contributed by atoms with Crippen molar-refractivity contribution in [1.82, 2.24) is 15.0 Å². The van der Waals surface area contributed by atoms with Gasteiger partial charge in [0, 0.05) is 11.1 Å². The molecular weight excluding hydrogens is 364 g/mol. The summed E-state index contributed by atoms with van der Waals surface area (Å²) >= 11 is 3.09. The third-order valence-electron chi connectivity index (χ3n) is 3.62. The van der Waals surface area contributed by atoms with E-state index in [9.17, 15) is 5.26 Å². The van der Waals surface area contributed by atoms with E-state index in [2.05, 4.69) is 21.0 Å². The first kappa shape index (κ1) is 18.4. The predicted octanol–water partition coefficient (Wildman–Crippen LogP) is 4.60. The van der Waals surface area contributed by atoms with Crippen molar-refractivity contribution in [2.75, 3.05) is 0 Å². The summed E-state index contributed by atoms with van der Waals surface area (Å²) in [7, 11) is 0. The monoisotopic (exact) mass is 382 g/mol. The van der Waals surface area contributed by atoms with Crippen LogP contribution in [0.4, 0.5) is 0 Å². The molecule has 3 rings (SSSR count). The first-order valence-electron chi connectivity index (χ1n) is 8.06. The topological polar surface area (TPSA) is 71.7 Å². The second-order valence-electron chi connectivity index (χ2n) is 5.77. The van der Waals surface area contributed by atoms with Crippen molar-refractivity contribution in [3.8, 4) is 11.8 Å². The zero-order valence-electron chi connectivity index (χ0n) is 14.8. The van der Waals surface area contributed by atoms with E-state index in [1.807, 2.05) is 50.4 Å². The maximum atomic E-state index is 9.31. The zero-order valence-corrected chi connectivity index (χ0v) is 16.4. The lowest BCUT2D eigenvalue weighted by atomic mass is 10.2. The maximum absolute atomic E-state index is 9.31. The summed E-state index contributed by atoms with van der Waals surface area (Å²) in [5.74, 6) is 2.17. The van der Waals surface area contributed by atoms with Gasteiger partial charge in [-0.3, -0.25) is 0 Å². The fourth-order valence-corrected chi connectivity index (χ4v) is 4.10. The first-order chi connectivity index (χ1) is 12.5. The van der Waals surface area contributed by atoms with Gasteiger partial charge in [0.15, 0.2) is 0 Å². The van der Waals surface area contributed by atoms with Crippen LogP contribution in [0.1, 0.15) is 33.3 Å². The number of ether oxygens (including phenoxy) is 1. The van der Waals surface area contributed by atoms with Gasteiger partial charge >= 0.3 is 0 Å². The average Bonchev–Trinajstić information content (AvgIpc) is 3.07. The Morgan fingerprint density at radius 1 is 1.12 bits per heavy atom. The Bertz CT molecular complexity index is 945. The number of rotatable bonds is 6. The van der Waals surface area contributed by atoms with E-state index < -0.39 is 0 Å². The fourth-order valence-electron chi connectivity index (χ4n) is 2.32. The molecule has 3 aromatic rings. The summed E-state index contributed by atoms with van der Waals surface area (Å²) in [4.78, 5) is 13.2. The van der Waals surface area contributed by atoms with Gasteiger partial charge in [-0.1, -0.05) is 29.5 Å². The molecule has 0 saturated heterocycles. The first-order valence-corrected chi connectivity index (χ1v) is 9.92. The number of hydrogen-bond acceptors (Lipinski definition) is 7. The molecule has 0 aliphatic heterocycles. The third-order valence-corrected chi connectivity index (χ3v) is 5.50. The molecular formula is C19H18N4OS2. The molecule has 0 aliphatic carbocycles. The van der Waals surface area contributed by atoms with Crippen molar-refractivity contribution in [3.05, 3.63) is 63.0 Å². The summed E-state index contributed by atoms with van der Waals surface area (Å²) in [5, 5.41) is 13.0. The summed E-state index contributed by atoms with van der Waals surface area (Å²) in [6, 6.07) is 10.2. The van der Waals surface area contributed by atoms with E-state index in [0.717, 1.165) is 16.5 Å². The predicted molar refractivity (Wildman–Crippen MR) is 103 cm³/mol. The largest absolute Gasteiger partial charge is 0.486 e. The number of thioether (sulfide) groups is 1. The second-order valence-corrected chi connectivity index (χ2v) is 7.68. The molecule has 1 aromatic carbocycles. The molecule has 0 radical (unpaired) electrons. The van der Waals surface area contributed by atoms with Crippen LogP contribution in [0.3, 0.4) is 0 Å². The summed E-state index contributed by atoms with van der Waals surface area (Å²) < 4.78 is 5.77. The lowest BCUT2D eigenvalue weighted by Gasteiger charge is -2.05. The Morgan fingerprint density at radius 3 is 2.62 bits per heavy atom. The zero-order chi connectivity index (χ0) is 18.5. The van der Waals surface area contributed by atoms with E-state index in [4.69, 9.17) is 4.74 Å². The van der Waals surface area contributed by atoms with E-state index in [-0.39, 0.29) is 0 Å². The van der Waals surface area contributed by atoms with Crippen molar-refractivity contribution in [1.29, 1.82) is 5.26 Å². The van der Waals surface area contributed by atoms with Crippen LogP contribution in [0.5, 0.6) is 5.75 Å². The molecule has 0 atom stereocenters. The number of nitriles is 1. The van der Waals surface area contributed by atoms with Crippen LogP contribution in [-0.4, -0.2) is 15.0 Å². The minimum absolute atomic E-state index is 0.452. The highest BCUT2D eigenvalue weighted by Crippen LogP contribution is 2.26. The highest BCUT2D eigenvalue weighted by Gasteiger charge is 2.12. The number of benzene rings is 1. The van der Waals surface area contributed by atoms with Crippen molar-refractivity contribution in [3.63, 3.8) is 0 Å². The lowest BCUT2D eigenvalue weighted by Crippen LogP contribution is -1.99. The molecule has 2 aromatic heterocycles. The van der Waals surface area contributed by atoms with Crippen LogP contribution in [0.2, 0.25) is 0 Å². The molecule has 132 valence electrons. The third kappa shape index (κ3) is 4.59. The molecule has 0 unspecified atom stereocenters. The number of hydrogen-bond donors (Lipinski definition) is 0. The van der Waals surface area contributed by atoms with Gasteiger partial charge in [0.1, 0.15) is 39.8 Å². The molecule has 0 amide bonds. The Hall–Kier alpha value is -2.43. The Balaban J connectivity index is 1.61. The van der Waals surface area contributed by atoms with Crippen LogP contribution in [0.25, 0.3) is 0 Å². The molecule has 7 heteroatoms. The number of nitrogens with zero attached hydrogens (tertiary/aromatic N) is 4. The van der Waals surface area contributed by atoms with Crippen LogP contribution in [0, 0.1) is 32.1 Å². The van der Waals surface area contributed by atoms with Crippen molar-refractivity contribution < 1.29 is 4.74 Å². The molecule has 0 spiro atoms. The van der Waals surface area contributed by atoms with Gasteiger partial charge in [0.05, 0.1) is 11.4 Å². The smallest absolute Gasteiger partial charge is 0.140 e. The molecule has 0 bridgehead atoms. The maximum Gasteiger partial charge on any atom is 0.140 e. The quantitative estimate of drug-likeness (QED) is 0.458. The van der Waals surface area contributed by atoms with Crippen LogP contribution in [0.15, 0.2) is 34.7 Å². The van der Waals surface area contributed by atoms with Gasteiger partial charge in [-0.15, -0.1) is 11.3 Å². The number of thiazole rings is 1. The second kappa shape index (κ2) is 8.30. The minimum atomic E-state index is 0.452. The molecule has 0 aliphatic rings. The highest BCUT2D eigenvalue weighted by molar-refractivity contribution is 7.98. The SMILES string of the molecule is Cc1ccc(OCc2nc(CSc3nc(C)nc(C)c3C#N)cs2)cc1. The average molecular weight is 383 g/mol. The molecule has 26 heavy (non-hydrogen) atoms. The molecule has 0 N–H and O–H groups in total. The summed E-state index contributed by atoms with van der Waals surface area (Å²) in [6.07, 6.45) is 0. The Labute approximate surface area is 161 Å². The van der Waals surface area contributed by atoms with E-state index in [1.165, 1.54) is 17.3 Å². The van der Waals surface area contributed by atoms with Gasteiger partial charge in [-0.2, -0.15) is 5.26 Å². The van der Waals surface area contributed by atoms with Crippen molar-refractivity contribution >= 4 is 23.1 Å². The Kier molecular flexibility index (Phi) is 5.86. The highest BCUT2D eigenvalue weighted by atomic mass is 32.2. The number of aromatic nitrogens is 3. The van der Waals surface area contributed by atoms with Gasteiger partial charge in [-0.05, 0) is 32.9 Å². The van der Waals surface area contributed by atoms with E-state index >= 15 is 0 Å². The van der Waals surface area contributed by atoms with E-state index in [0.29, 0.717) is 34.5 Å². The van der Waals surface area contributed by atoms with Gasteiger partial charge in [0.2, 0.25) is 0 Å². The van der Waals surface area contributed by atoms with E-state index in [1.54, 1.807) is 11.3 Å². The summed E-state index contributed by atoms with van der Waals surface area (Å²) in [5.41, 5.74) is 3.42. The molecule has 5 nitrogen and oxygen atoms in total. The van der Waals surface area contributed by atoms with Gasteiger partial charge in [0.25, 0.3) is 0 Å². The van der Waals surface area contributed by atoms with Crippen LogP contribution < -0.4 is 4.74 Å². The Morgan fingerprint density at radius 2 is 1.88 bits per heavy atom. The fraction of sp³-hybridized carbons (Fsp3) is 0.263.